The summed E-state index contributed by atoms with van der Waals surface area (Å²) in [5.74, 6) is 1.62. The smallest absolute Gasteiger partial charge is 0.224 e. The van der Waals surface area contributed by atoms with Crippen LogP contribution in [-0.2, 0) is 11.2 Å². The first-order chi connectivity index (χ1) is 10.8. The first-order valence-electron chi connectivity index (χ1n) is 7.45. The Balaban J connectivity index is 1.55. The first-order valence-corrected chi connectivity index (χ1v) is 7.83. The van der Waals surface area contributed by atoms with Gasteiger partial charge in [-0.25, -0.2) is 4.98 Å². The van der Waals surface area contributed by atoms with Crippen LogP contribution in [-0.4, -0.2) is 42.8 Å². The third-order valence-corrected chi connectivity index (χ3v) is 3.84. The van der Waals surface area contributed by atoms with Gasteiger partial charge < -0.3 is 15.0 Å². The summed E-state index contributed by atoms with van der Waals surface area (Å²) in [4.78, 5) is 11.1. The van der Waals surface area contributed by atoms with Crippen molar-refractivity contribution >= 4 is 23.4 Å². The highest BCUT2D eigenvalue weighted by Crippen LogP contribution is 2.14. The molecule has 0 unspecified atom stereocenters. The Morgan fingerprint density at radius 3 is 2.68 bits per heavy atom. The summed E-state index contributed by atoms with van der Waals surface area (Å²) >= 11 is 5.88. The first kappa shape index (κ1) is 15.1. The minimum absolute atomic E-state index is 0.665. The lowest BCUT2D eigenvalue weighted by Gasteiger charge is -2.27. The summed E-state index contributed by atoms with van der Waals surface area (Å²) in [6, 6.07) is 9.83. The molecule has 1 aliphatic rings. The van der Waals surface area contributed by atoms with E-state index < -0.39 is 0 Å². The quantitative estimate of drug-likeness (QED) is 0.918. The molecule has 6 heteroatoms. The highest BCUT2D eigenvalue weighted by Gasteiger charge is 2.12. The van der Waals surface area contributed by atoms with Crippen LogP contribution in [0.3, 0.4) is 0 Å². The van der Waals surface area contributed by atoms with E-state index in [1.54, 1.807) is 6.20 Å². The predicted octanol–water partition coefficient (Wildman–Crippen LogP) is 2.62. The number of nitrogens with zero attached hydrogens (tertiary/aromatic N) is 3. The number of anilines is 2. The summed E-state index contributed by atoms with van der Waals surface area (Å²) in [7, 11) is 0. The molecule has 3 rings (SSSR count). The second-order valence-electron chi connectivity index (χ2n) is 5.14. The molecule has 1 saturated heterocycles. The van der Waals surface area contributed by atoms with Gasteiger partial charge in [0.1, 0.15) is 5.82 Å². The van der Waals surface area contributed by atoms with Crippen LogP contribution in [0, 0.1) is 0 Å². The molecule has 0 saturated carbocycles. The van der Waals surface area contributed by atoms with E-state index in [9.17, 15) is 0 Å². The van der Waals surface area contributed by atoms with Crippen molar-refractivity contribution in [1.82, 2.24) is 9.97 Å². The van der Waals surface area contributed by atoms with Gasteiger partial charge in [-0.05, 0) is 30.2 Å². The lowest BCUT2D eigenvalue weighted by atomic mass is 10.1. The van der Waals surface area contributed by atoms with Gasteiger partial charge >= 0.3 is 0 Å². The van der Waals surface area contributed by atoms with Crippen LogP contribution in [0.4, 0.5) is 11.8 Å². The molecule has 1 N–H and O–H groups in total. The maximum atomic E-state index is 5.88. The van der Waals surface area contributed by atoms with Gasteiger partial charge in [0, 0.05) is 30.9 Å². The fraction of sp³-hybridized carbons (Fsp3) is 0.375. The number of aromatic nitrogens is 2. The van der Waals surface area contributed by atoms with E-state index in [0.717, 1.165) is 50.1 Å². The molecule has 1 aliphatic heterocycles. The minimum atomic E-state index is 0.665. The van der Waals surface area contributed by atoms with Crippen molar-refractivity contribution in [1.29, 1.82) is 0 Å². The molecular weight excluding hydrogens is 300 g/mol. The lowest BCUT2D eigenvalue weighted by molar-refractivity contribution is 0.122. The van der Waals surface area contributed by atoms with Crippen molar-refractivity contribution in [2.75, 3.05) is 43.1 Å². The molecule has 22 heavy (non-hydrogen) atoms. The number of ether oxygens (including phenoxy) is 1. The van der Waals surface area contributed by atoms with Gasteiger partial charge in [0.05, 0.1) is 13.2 Å². The summed E-state index contributed by atoms with van der Waals surface area (Å²) in [6.45, 7) is 4.04. The molecule has 5 nitrogen and oxygen atoms in total. The molecule has 0 radical (unpaired) electrons. The maximum absolute atomic E-state index is 5.88. The zero-order chi connectivity index (χ0) is 15.2. The highest BCUT2D eigenvalue weighted by atomic mass is 35.5. The number of benzene rings is 1. The molecule has 116 valence electrons. The van der Waals surface area contributed by atoms with E-state index in [2.05, 4.69) is 20.2 Å². The molecule has 0 bridgehead atoms. The second-order valence-corrected chi connectivity index (χ2v) is 5.58. The monoisotopic (exact) mass is 318 g/mol. The number of rotatable bonds is 5. The summed E-state index contributed by atoms with van der Waals surface area (Å²) in [5.41, 5.74) is 1.24. The van der Waals surface area contributed by atoms with Crippen LogP contribution in [0.5, 0.6) is 0 Å². The van der Waals surface area contributed by atoms with E-state index in [-0.39, 0.29) is 0 Å². The highest BCUT2D eigenvalue weighted by molar-refractivity contribution is 6.30. The van der Waals surface area contributed by atoms with Gasteiger partial charge in [0.25, 0.3) is 0 Å². The second kappa shape index (κ2) is 7.42. The summed E-state index contributed by atoms with van der Waals surface area (Å²) in [5, 5.41) is 4.04. The van der Waals surface area contributed by atoms with Gasteiger partial charge in [0.2, 0.25) is 5.95 Å². The number of morpholine rings is 1. The molecular formula is C16H19ClN4O. The SMILES string of the molecule is Clc1ccc(CCNc2nccc(N3CCOCC3)n2)cc1. The van der Waals surface area contributed by atoms with Crippen molar-refractivity contribution in [2.45, 2.75) is 6.42 Å². The van der Waals surface area contributed by atoms with Crippen LogP contribution in [0.1, 0.15) is 5.56 Å². The van der Waals surface area contributed by atoms with Crippen molar-refractivity contribution in [3.05, 3.63) is 47.1 Å². The Morgan fingerprint density at radius 2 is 1.91 bits per heavy atom. The Kier molecular flexibility index (Phi) is 5.08. The zero-order valence-electron chi connectivity index (χ0n) is 12.3. The van der Waals surface area contributed by atoms with E-state index in [0.29, 0.717) is 5.95 Å². The Labute approximate surface area is 135 Å². The number of hydrogen-bond acceptors (Lipinski definition) is 5. The minimum Gasteiger partial charge on any atom is -0.378 e. The van der Waals surface area contributed by atoms with Gasteiger partial charge in [-0.15, -0.1) is 0 Å². The molecule has 0 atom stereocenters. The Bertz CT molecular complexity index is 599. The topological polar surface area (TPSA) is 50.3 Å². The molecule has 1 aromatic heterocycles. The summed E-state index contributed by atoms with van der Waals surface area (Å²) < 4.78 is 5.36. The van der Waals surface area contributed by atoms with Gasteiger partial charge in [-0.2, -0.15) is 4.98 Å². The Hall–Kier alpha value is -1.85. The molecule has 0 aliphatic carbocycles. The van der Waals surface area contributed by atoms with Crippen LogP contribution in [0.15, 0.2) is 36.5 Å². The van der Waals surface area contributed by atoms with Crippen LogP contribution >= 0.6 is 11.6 Å². The number of halogens is 1. The molecule has 0 amide bonds. The summed E-state index contributed by atoms with van der Waals surface area (Å²) in [6.07, 6.45) is 2.70. The van der Waals surface area contributed by atoms with E-state index in [1.165, 1.54) is 5.56 Å². The largest absolute Gasteiger partial charge is 0.378 e. The molecule has 1 aromatic carbocycles. The van der Waals surface area contributed by atoms with Crippen molar-refractivity contribution in [2.24, 2.45) is 0 Å². The number of nitrogens with one attached hydrogen (secondary N) is 1. The number of hydrogen-bond donors (Lipinski definition) is 1. The fourth-order valence-corrected chi connectivity index (χ4v) is 2.50. The van der Waals surface area contributed by atoms with E-state index in [4.69, 9.17) is 16.3 Å². The Morgan fingerprint density at radius 1 is 1.14 bits per heavy atom. The van der Waals surface area contributed by atoms with Crippen LogP contribution < -0.4 is 10.2 Å². The third kappa shape index (κ3) is 4.08. The van der Waals surface area contributed by atoms with Gasteiger partial charge in [-0.1, -0.05) is 23.7 Å². The molecule has 2 aromatic rings. The van der Waals surface area contributed by atoms with Crippen molar-refractivity contribution < 1.29 is 4.74 Å². The van der Waals surface area contributed by atoms with E-state index in [1.807, 2.05) is 30.3 Å². The van der Waals surface area contributed by atoms with Gasteiger partial charge in [0.15, 0.2) is 0 Å². The average molecular weight is 319 g/mol. The van der Waals surface area contributed by atoms with Crippen LogP contribution in [0.2, 0.25) is 5.02 Å². The predicted molar refractivity (Wildman–Crippen MR) is 88.7 cm³/mol. The van der Waals surface area contributed by atoms with Crippen LogP contribution in [0.25, 0.3) is 0 Å². The normalized spacial score (nSPS) is 14.9. The molecule has 0 spiro atoms. The van der Waals surface area contributed by atoms with Gasteiger partial charge in [-0.3, -0.25) is 0 Å². The zero-order valence-corrected chi connectivity index (χ0v) is 13.1. The average Bonchev–Trinajstić information content (AvgIpc) is 2.58. The fourth-order valence-electron chi connectivity index (χ4n) is 2.37. The lowest BCUT2D eigenvalue weighted by Crippen LogP contribution is -2.36. The van der Waals surface area contributed by atoms with Crippen molar-refractivity contribution in [3.8, 4) is 0 Å². The third-order valence-electron chi connectivity index (χ3n) is 3.59. The van der Waals surface area contributed by atoms with E-state index >= 15 is 0 Å². The van der Waals surface area contributed by atoms with Crippen molar-refractivity contribution in [3.63, 3.8) is 0 Å². The maximum Gasteiger partial charge on any atom is 0.224 e. The molecule has 2 heterocycles. The molecule has 1 fully saturated rings. The standard InChI is InChI=1S/C16H19ClN4O/c17-14-3-1-13(2-4-14)5-7-18-16-19-8-6-15(20-16)21-9-11-22-12-10-21/h1-4,6,8H,5,7,9-12H2,(H,18,19,20).